The largest absolute Gasteiger partial charge is 0.497 e. The fourth-order valence-electron chi connectivity index (χ4n) is 2.44. The molecule has 1 heterocycles. The Morgan fingerprint density at radius 2 is 1.79 bits per heavy atom. The number of carbonyl (C=O) groups excluding carboxylic acids is 2. The maximum Gasteiger partial charge on any atom is 0.325 e. The molecule has 2 aromatic carbocycles. The number of hydrogen-bond acceptors (Lipinski definition) is 8. The second-order valence-electron chi connectivity index (χ2n) is 5.78. The third-order valence-corrected chi connectivity index (χ3v) is 3.92. The summed E-state index contributed by atoms with van der Waals surface area (Å²) in [5.41, 5.74) is 1.06. The van der Waals surface area contributed by atoms with Crippen molar-refractivity contribution in [2.24, 2.45) is 0 Å². The van der Waals surface area contributed by atoms with E-state index in [9.17, 15) is 9.59 Å². The smallest absolute Gasteiger partial charge is 0.325 e. The first-order chi connectivity index (χ1) is 14.1. The molecule has 0 spiro atoms. The van der Waals surface area contributed by atoms with E-state index in [4.69, 9.17) is 18.7 Å². The van der Waals surface area contributed by atoms with Crippen LogP contribution in [-0.2, 0) is 16.1 Å². The van der Waals surface area contributed by atoms with E-state index in [-0.39, 0.29) is 19.0 Å². The molecule has 9 nitrogen and oxygen atoms in total. The van der Waals surface area contributed by atoms with Crippen LogP contribution in [0.4, 0.5) is 0 Å². The topological polar surface area (TPSA) is 113 Å². The number of hydrogen-bond donors (Lipinski definition) is 1. The Kier molecular flexibility index (Phi) is 6.41. The fraction of sp³-hybridized carbons (Fsp3) is 0.200. The van der Waals surface area contributed by atoms with E-state index < -0.39 is 11.9 Å². The third kappa shape index (κ3) is 5.10. The molecule has 1 amide bonds. The Hall–Kier alpha value is -3.88. The number of carbonyl (C=O) groups is 2. The van der Waals surface area contributed by atoms with Crippen molar-refractivity contribution >= 4 is 11.9 Å². The number of nitrogens with one attached hydrogen (secondary N) is 1. The minimum atomic E-state index is -0.641. The molecule has 0 unspecified atom stereocenters. The number of nitrogens with zero attached hydrogens (tertiary/aromatic N) is 2. The lowest BCUT2D eigenvalue weighted by atomic mass is 10.2. The summed E-state index contributed by atoms with van der Waals surface area (Å²) in [4.78, 5) is 28.2. The summed E-state index contributed by atoms with van der Waals surface area (Å²) >= 11 is 0. The highest BCUT2D eigenvalue weighted by Crippen LogP contribution is 2.20. The summed E-state index contributed by atoms with van der Waals surface area (Å²) in [6.45, 7) is -0.511. The minimum absolute atomic E-state index is 0.139. The van der Waals surface area contributed by atoms with E-state index >= 15 is 0 Å². The van der Waals surface area contributed by atoms with Crippen molar-refractivity contribution in [3.63, 3.8) is 0 Å². The van der Waals surface area contributed by atoms with Crippen molar-refractivity contribution in [2.45, 2.75) is 6.61 Å². The summed E-state index contributed by atoms with van der Waals surface area (Å²) in [7, 11) is 3.04. The van der Waals surface area contributed by atoms with Gasteiger partial charge < -0.3 is 24.1 Å². The lowest BCUT2D eigenvalue weighted by Crippen LogP contribution is -2.30. The van der Waals surface area contributed by atoms with E-state index in [1.165, 1.54) is 7.11 Å². The van der Waals surface area contributed by atoms with E-state index in [0.717, 1.165) is 5.56 Å². The predicted octanol–water partition coefficient (Wildman–Crippen LogP) is 2.23. The van der Waals surface area contributed by atoms with Gasteiger partial charge in [0.15, 0.2) is 6.61 Å². The van der Waals surface area contributed by atoms with E-state index in [2.05, 4.69) is 15.5 Å². The minimum Gasteiger partial charge on any atom is -0.497 e. The van der Waals surface area contributed by atoms with Crippen molar-refractivity contribution in [3.05, 3.63) is 60.0 Å². The number of aromatic nitrogens is 2. The average Bonchev–Trinajstić information content (AvgIpc) is 3.25. The second-order valence-corrected chi connectivity index (χ2v) is 5.78. The highest BCUT2D eigenvalue weighted by Gasteiger charge is 2.15. The first kappa shape index (κ1) is 19.9. The van der Waals surface area contributed by atoms with Crippen LogP contribution < -0.4 is 14.8 Å². The van der Waals surface area contributed by atoms with Gasteiger partial charge in [-0.15, -0.1) is 0 Å². The van der Waals surface area contributed by atoms with Crippen molar-refractivity contribution in [1.29, 1.82) is 0 Å². The zero-order valence-corrected chi connectivity index (χ0v) is 15.9. The lowest BCUT2D eigenvalue weighted by molar-refractivity contribution is -0.144. The maximum atomic E-state index is 12.2. The van der Waals surface area contributed by atoms with Gasteiger partial charge in [-0.05, 0) is 36.4 Å². The number of para-hydroxylation sites is 1. The van der Waals surface area contributed by atoms with Gasteiger partial charge in [0, 0.05) is 5.56 Å². The third-order valence-electron chi connectivity index (χ3n) is 3.92. The molecule has 3 aromatic rings. The van der Waals surface area contributed by atoms with Crippen molar-refractivity contribution < 1.29 is 28.3 Å². The van der Waals surface area contributed by atoms with Crippen molar-refractivity contribution in [3.8, 4) is 22.9 Å². The van der Waals surface area contributed by atoms with Gasteiger partial charge in [-0.1, -0.05) is 17.3 Å². The quantitative estimate of drug-likeness (QED) is 0.576. The monoisotopic (exact) mass is 397 g/mol. The molecular weight excluding hydrogens is 378 g/mol. The molecule has 150 valence electrons. The molecule has 29 heavy (non-hydrogen) atoms. The van der Waals surface area contributed by atoms with Crippen LogP contribution in [0.1, 0.15) is 16.2 Å². The zero-order valence-electron chi connectivity index (χ0n) is 15.9. The molecule has 0 bridgehead atoms. The van der Waals surface area contributed by atoms with Crippen LogP contribution >= 0.6 is 0 Å². The molecule has 0 fully saturated rings. The Labute approximate surface area is 166 Å². The van der Waals surface area contributed by atoms with Crippen LogP contribution in [-0.4, -0.2) is 42.8 Å². The van der Waals surface area contributed by atoms with Gasteiger partial charge in [0.25, 0.3) is 11.8 Å². The molecule has 1 N–H and O–H groups in total. The Balaban J connectivity index is 1.49. The summed E-state index contributed by atoms with van der Waals surface area (Å²) in [5.74, 6) is 0.539. The molecule has 0 atom stereocenters. The lowest BCUT2D eigenvalue weighted by Gasteiger charge is -2.08. The van der Waals surface area contributed by atoms with Crippen LogP contribution in [0.15, 0.2) is 53.1 Å². The Morgan fingerprint density at radius 3 is 2.52 bits per heavy atom. The van der Waals surface area contributed by atoms with Gasteiger partial charge >= 0.3 is 5.97 Å². The fourth-order valence-corrected chi connectivity index (χ4v) is 2.44. The molecule has 3 rings (SSSR count). The van der Waals surface area contributed by atoms with E-state index in [1.807, 2.05) is 0 Å². The molecule has 0 saturated carbocycles. The summed E-state index contributed by atoms with van der Waals surface area (Å²) in [6, 6.07) is 13.8. The molecule has 0 aliphatic heterocycles. The van der Waals surface area contributed by atoms with Crippen molar-refractivity contribution in [2.75, 3.05) is 20.8 Å². The summed E-state index contributed by atoms with van der Waals surface area (Å²) in [5, 5.41) is 6.33. The Morgan fingerprint density at radius 1 is 1.03 bits per heavy atom. The van der Waals surface area contributed by atoms with Crippen LogP contribution in [0.25, 0.3) is 11.4 Å². The van der Waals surface area contributed by atoms with Gasteiger partial charge in [-0.25, -0.2) is 0 Å². The molecule has 9 heteroatoms. The first-order valence-corrected chi connectivity index (χ1v) is 8.64. The maximum absolute atomic E-state index is 12.2. The predicted molar refractivity (Wildman–Crippen MR) is 101 cm³/mol. The molecule has 0 radical (unpaired) electrons. The van der Waals surface area contributed by atoms with Gasteiger partial charge in [-0.2, -0.15) is 4.98 Å². The SMILES string of the molecule is COc1ccc(-c2noc(COC(=O)CNC(=O)c3ccccc3OC)n2)cc1. The number of benzene rings is 2. The van der Waals surface area contributed by atoms with Crippen LogP contribution in [0.5, 0.6) is 11.5 Å². The first-order valence-electron chi connectivity index (χ1n) is 8.64. The van der Waals surface area contributed by atoms with Crippen LogP contribution in [0.3, 0.4) is 0 Å². The number of methoxy groups -OCH3 is 2. The number of esters is 1. The molecule has 0 saturated heterocycles. The van der Waals surface area contributed by atoms with Gasteiger partial charge in [0.05, 0.1) is 19.8 Å². The number of ether oxygens (including phenoxy) is 3. The molecule has 0 aliphatic carbocycles. The van der Waals surface area contributed by atoms with Crippen LogP contribution in [0, 0.1) is 0 Å². The molecule has 0 aliphatic rings. The Bertz CT molecular complexity index is 984. The normalized spacial score (nSPS) is 10.3. The van der Waals surface area contributed by atoms with E-state index in [1.54, 1.807) is 55.6 Å². The molecule has 1 aromatic heterocycles. The number of rotatable bonds is 8. The highest BCUT2D eigenvalue weighted by atomic mass is 16.6. The number of amides is 1. The van der Waals surface area contributed by atoms with Gasteiger partial charge in [0.1, 0.15) is 18.0 Å². The summed E-state index contributed by atoms with van der Waals surface area (Å²) in [6.07, 6.45) is 0. The van der Waals surface area contributed by atoms with E-state index in [0.29, 0.717) is 22.9 Å². The van der Waals surface area contributed by atoms with Crippen LogP contribution in [0.2, 0.25) is 0 Å². The highest BCUT2D eigenvalue weighted by molar-refractivity contribution is 5.98. The van der Waals surface area contributed by atoms with Gasteiger partial charge in [0.2, 0.25) is 5.82 Å². The second kappa shape index (κ2) is 9.36. The molecular formula is C20H19N3O6. The van der Waals surface area contributed by atoms with Gasteiger partial charge in [-0.3, -0.25) is 9.59 Å². The summed E-state index contributed by atoms with van der Waals surface area (Å²) < 4.78 is 20.3. The van der Waals surface area contributed by atoms with Crippen molar-refractivity contribution in [1.82, 2.24) is 15.5 Å². The zero-order chi connectivity index (χ0) is 20.6. The standard InChI is InChI=1S/C20H19N3O6/c1-26-14-9-7-13(8-10-14)19-22-17(29-23-19)12-28-18(24)11-21-20(25)15-5-3-4-6-16(15)27-2/h3-10H,11-12H2,1-2H3,(H,21,25). The average molecular weight is 397 g/mol.